The molecule has 2 aromatic carbocycles. The van der Waals surface area contributed by atoms with E-state index in [-0.39, 0.29) is 23.8 Å². The van der Waals surface area contributed by atoms with Gasteiger partial charge in [-0.15, -0.1) is 0 Å². The number of benzene rings is 2. The summed E-state index contributed by atoms with van der Waals surface area (Å²) in [6.07, 6.45) is 4.76. The van der Waals surface area contributed by atoms with E-state index in [9.17, 15) is 13.2 Å². The first-order chi connectivity index (χ1) is 16.1. The highest BCUT2D eigenvalue weighted by molar-refractivity contribution is 7.91. The number of aryl methyl sites for hydroxylation is 2. The molecule has 0 saturated heterocycles. The van der Waals surface area contributed by atoms with E-state index in [0.717, 1.165) is 37.7 Å². The van der Waals surface area contributed by atoms with Crippen LogP contribution in [0.2, 0.25) is 0 Å². The van der Waals surface area contributed by atoms with Crippen molar-refractivity contribution in [1.29, 1.82) is 0 Å². The molecule has 184 valence electrons. The second kappa shape index (κ2) is 10.1. The van der Waals surface area contributed by atoms with Crippen LogP contribution in [0, 0.1) is 5.92 Å². The molecule has 0 spiro atoms. The molecule has 6 heteroatoms. The van der Waals surface area contributed by atoms with Crippen LogP contribution in [-0.4, -0.2) is 37.7 Å². The SMILES string of the molecule is CC(C)(C)OC(=O)NC1CCc2ccc(CCS(=O)(=O)CC3CC3)cc2C1Cc1ccccc1. The van der Waals surface area contributed by atoms with Gasteiger partial charge >= 0.3 is 6.09 Å². The number of hydrogen-bond donors (Lipinski definition) is 1. The number of carbonyl (C=O) groups excluding carboxylic acids is 1. The third-order valence-electron chi connectivity index (χ3n) is 6.71. The number of carbonyl (C=O) groups is 1. The molecule has 0 bridgehead atoms. The van der Waals surface area contributed by atoms with Gasteiger partial charge in [0.1, 0.15) is 5.60 Å². The van der Waals surface area contributed by atoms with Crippen molar-refractivity contribution in [3.05, 3.63) is 70.8 Å². The summed E-state index contributed by atoms with van der Waals surface area (Å²) in [7, 11) is -3.02. The Labute approximate surface area is 204 Å². The Bertz CT molecular complexity index is 1100. The zero-order valence-corrected chi connectivity index (χ0v) is 21.4. The largest absolute Gasteiger partial charge is 0.444 e. The fourth-order valence-corrected chi connectivity index (χ4v) is 6.62. The quantitative estimate of drug-likeness (QED) is 0.559. The third-order valence-corrected chi connectivity index (χ3v) is 8.51. The van der Waals surface area contributed by atoms with Crippen LogP contribution in [0.3, 0.4) is 0 Å². The summed E-state index contributed by atoms with van der Waals surface area (Å²) in [6, 6.07) is 16.7. The molecule has 1 saturated carbocycles. The predicted octanol–water partition coefficient (Wildman–Crippen LogP) is 5.22. The molecule has 2 aliphatic carbocycles. The normalized spacial score (nSPS) is 20.4. The van der Waals surface area contributed by atoms with Crippen LogP contribution in [0.4, 0.5) is 4.79 Å². The van der Waals surface area contributed by atoms with Crippen molar-refractivity contribution in [1.82, 2.24) is 5.32 Å². The Balaban J connectivity index is 1.55. The van der Waals surface area contributed by atoms with Gasteiger partial charge in [-0.2, -0.15) is 0 Å². The van der Waals surface area contributed by atoms with Crippen molar-refractivity contribution < 1.29 is 17.9 Å². The van der Waals surface area contributed by atoms with Gasteiger partial charge in [0.15, 0.2) is 9.84 Å². The van der Waals surface area contributed by atoms with E-state index in [4.69, 9.17) is 4.74 Å². The maximum absolute atomic E-state index is 12.6. The van der Waals surface area contributed by atoms with Crippen molar-refractivity contribution in [3.8, 4) is 0 Å². The minimum Gasteiger partial charge on any atom is -0.444 e. The summed E-state index contributed by atoms with van der Waals surface area (Å²) in [5.41, 5.74) is 4.22. The van der Waals surface area contributed by atoms with Gasteiger partial charge in [-0.3, -0.25) is 0 Å². The average molecular weight is 484 g/mol. The first-order valence-electron chi connectivity index (χ1n) is 12.4. The molecule has 4 rings (SSSR count). The molecular weight excluding hydrogens is 446 g/mol. The Hall–Kier alpha value is -2.34. The highest BCUT2D eigenvalue weighted by Gasteiger charge is 2.33. The Kier molecular flexibility index (Phi) is 7.36. The van der Waals surface area contributed by atoms with Gasteiger partial charge in [-0.05, 0) is 87.5 Å². The standard InChI is InChI=1S/C28H37NO4S/c1-28(2,3)33-27(30)29-26-14-13-23-12-11-21(15-16-34(31,32)19-22-9-10-22)17-24(23)25(26)18-20-7-5-4-6-8-20/h4-8,11-12,17,22,25-26H,9-10,13-16,18-19H2,1-3H3,(H,29,30). The van der Waals surface area contributed by atoms with Gasteiger partial charge < -0.3 is 10.1 Å². The average Bonchev–Trinajstić information content (AvgIpc) is 3.56. The maximum Gasteiger partial charge on any atom is 0.407 e. The van der Waals surface area contributed by atoms with Crippen LogP contribution in [0.15, 0.2) is 48.5 Å². The van der Waals surface area contributed by atoms with Crippen LogP contribution >= 0.6 is 0 Å². The fourth-order valence-electron chi connectivity index (χ4n) is 4.85. The molecule has 2 atom stereocenters. The van der Waals surface area contributed by atoms with Crippen LogP contribution in [0.1, 0.15) is 68.2 Å². The minimum absolute atomic E-state index is 0.0450. The molecule has 5 nitrogen and oxygen atoms in total. The summed E-state index contributed by atoms with van der Waals surface area (Å²) in [4.78, 5) is 12.6. The van der Waals surface area contributed by atoms with Crippen LogP contribution in [0.25, 0.3) is 0 Å². The molecule has 1 amide bonds. The Morgan fingerprint density at radius 1 is 1.03 bits per heavy atom. The number of hydrogen-bond acceptors (Lipinski definition) is 4. The molecule has 1 fully saturated rings. The van der Waals surface area contributed by atoms with Gasteiger partial charge in [-0.25, -0.2) is 13.2 Å². The van der Waals surface area contributed by atoms with Gasteiger partial charge in [0.05, 0.1) is 11.5 Å². The molecule has 2 aliphatic rings. The molecule has 0 radical (unpaired) electrons. The summed E-state index contributed by atoms with van der Waals surface area (Å²) in [5, 5.41) is 3.13. The molecule has 1 N–H and O–H groups in total. The lowest BCUT2D eigenvalue weighted by Gasteiger charge is -2.35. The van der Waals surface area contributed by atoms with Gasteiger partial charge in [0.2, 0.25) is 0 Å². The van der Waals surface area contributed by atoms with E-state index in [0.29, 0.717) is 18.1 Å². The molecular formula is C28H37NO4S. The Morgan fingerprint density at radius 3 is 2.44 bits per heavy atom. The van der Waals surface area contributed by atoms with E-state index in [1.807, 2.05) is 39.0 Å². The number of rotatable bonds is 8. The first-order valence-corrected chi connectivity index (χ1v) is 14.3. The van der Waals surface area contributed by atoms with Gasteiger partial charge in [0, 0.05) is 12.0 Å². The van der Waals surface area contributed by atoms with Crippen molar-refractivity contribution >= 4 is 15.9 Å². The number of nitrogens with one attached hydrogen (secondary N) is 1. The number of fused-ring (bicyclic) bond motifs is 1. The van der Waals surface area contributed by atoms with E-state index in [1.165, 1.54) is 16.7 Å². The summed E-state index contributed by atoms with van der Waals surface area (Å²) in [5.74, 6) is 1.01. The number of alkyl carbamates (subject to hydrolysis) is 1. The van der Waals surface area contributed by atoms with Crippen molar-refractivity contribution in [3.63, 3.8) is 0 Å². The molecule has 2 aromatic rings. The second-order valence-corrected chi connectivity index (χ2v) is 13.2. The van der Waals surface area contributed by atoms with E-state index < -0.39 is 15.4 Å². The number of amides is 1. The maximum atomic E-state index is 12.6. The van der Waals surface area contributed by atoms with E-state index in [1.54, 1.807) is 0 Å². The lowest BCUT2D eigenvalue weighted by Crippen LogP contribution is -2.44. The monoisotopic (exact) mass is 483 g/mol. The van der Waals surface area contributed by atoms with Crippen LogP contribution in [-0.2, 0) is 33.8 Å². The zero-order chi connectivity index (χ0) is 24.3. The zero-order valence-electron chi connectivity index (χ0n) is 20.5. The number of ether oxygens (including phenoxy) is 1. The molecule has 0 aliphatic heterocycles. The third kappa shape index (κ3) is 7.08. The van der Waals surface area contributed by atoms with Crippen molar-refractivity contribution in [2.24, 2.45) is 5.92 Å². The lowest BCUT2D eigenvalue weighted by molar-refractivity contribution is 0.0491. The van der Waals surface area contributed by atoms with Gasteiger partial charge in [0.25, 0.3) is 0 Å². The number of sulfone groups is 1. The minimum atomic E-state index is -3.02. The van der Waals surface area contributed by atoms with Gasteiger partial charge in [-0.1, -0.05) is 48.5 Å². The lowest BCUT2D eigenvalue weighted by atomic mass is 9.75. The molecule has 0 heterocycles. The molecule has 0 aromatic heterocycles. The second-order valence-electron chi connectivity index (χ2n) is 10.9. The van der Waals surface area contributed by atoms with Crippen LogP contribution in [0.5, 0.6) is 0 Å². The van der Waals surface area contributed by atoms with Crippen molar-refractivity contribution in [2.75, 3.05) is 11.5 Å². The predicted molar refractivity (Wildman–Crippen MR) is 136 cm³/mol. The summed E-state index contributed by atoms with van der Waals surface area (Å²) in [6.45, 7) is 5.61. The molecule has 34 heavy (non-hydrogen) atoms. The highest BCUT2D eigenvalue weighted by atomic mass is 32.2. The molecule has 2 unspecified atom stereocenters. The fraction of sp³-hybridized carbons (Fsp3) is 0.536. The summed E-state index contributed by atoms with van der Waals surface area (Å²) >= 11 is 0. The first kappa shape index (κ1) is 24.8. The van der Waals surface area contributed by atoms with Crippen molar-refractivity contribution in [2.45, 2.75) is 76.9 Å². The van der Waals surface area contributed by atoms with E-state index >= 15 is 0 Å². The van der Waals surface area contributed by atoms with Crippen LogP contribution < -0.4 is 5.32 Å². The smallest absolute Gasteiger partial charge is 0.407 e. The topological polar surface area (TPSA) is 72.5 Å². The van der Waals surface area contributed by atoms with E-state index in [2.05, 4.69) is 35.6 Å². The Morgan fingerprint density at radius 2 is 1.76 bits per heavy atom. The highest BCUT2D eigenvalue weighted by Crippen LogP contribution is 2.36. The summed E-state index contributed by atoms with van der Waals surface area (Å²) < 4.78 is 30.5.